The Hall–Kier alpha value is -2.69. The van der Waals surface area contributed by atoms with E-state index in [2.05, 4.69) is 10.3 Å². The lowest BCUT2D eigenvalue weighted by atomic mass is 10.1. The van der Waals surface area contributed by atoms with Crippen LogP contribution in [0.25, 0.3) is 0 Å². The molecule has 0 aliphatic carbocycles. The number of benzene rings is 1. The lowest BCUT2D eigenvalue weighted by Gasteiger charge is -2.09. The van der Waals surface area contributed by atoms with Crippen LogP contribution in [0.3, 0.4) is 0 Å². The maximum atomic E-state index is 12.2. The van der Waals surface area contributed by atoms with Crippen LogP contribution in [0.2, 0.25) is 0 Å². The van der Waals surface area contributed by atoms with Gasteiger partial charge < -0.3 is 10.4 Å². The zero-order chi connectivity index (χ0) is 14.7. The number of carboxylic acids is 1. The molecule has 1 heterocycles. The first-order chi connectivity index (χ1) is 9.47. The highest BCUT2D eigenvalue weighted by molar-refractivity contribution is 6.07. The Morgan fingerprint density at radius 3 is 2.40 bits per heavy atom. The van der Waals surface area contributed by atoms with E-state index >= 15 is 0 Å². The Labute approximate surface area is 116 Å². The average Bonchev–Trinajstić information content (AvgIpc) is 2.37. The topological polar surface area (TPSA) is 79.3 Å². The molecule has 0 radical (unpaired) electrons. The second-order valence-corrected chi connectivity index (χ2v) is 4.56. The smallest absolute Gasteiger partial charge is 0.337 e. The molecule has 20 heavy (non-hydrogen) atoms. The molecule has 5 heteroatoms. The number of rotatable bonds is 3. The van der Waals surface area contributed by atoms with Gasteiger partial charge in [0.2, 0.25) is 0 Å². The maximum absolute atomic E-state index is 12.2. The standard InChI is InChI=1S/C15H14N2O3/c1-9-5-10(2)7-11(6-9)14(18)17-13-8-16-4-3-12(13)15(19)20/h3-8H,1-2H3,(H,17,18)(H,19,20). The van der Waals surface area contributed by atoms with Crippen molar-refractivity contribution in [2.75, 3.05) is 5.32 Å². The Bertz CT molecular complexity index is 660. The van der Waals surface area contributed by atoms with Gasteiger partial charge in [-0.05, 0) is 32.0 Å². The van der Waals surface area contributed by atoms with Crippen molar-refractivity contribution in [3.63, 3.8) is 0 Å². The Morgan fingerprint density at radius 1 is 1.15 bits per heavy atom. The SMILES string of the molecule is Cc1cc(C)cc(C(=O)Nc2cnccc2C(=O)O)c1. The number of hydrogen-bond donors (Lipinski definition) is 2. The van der Waals surface area contributed by atoms with Crippen LogP contribution in [-0.2, 0) is 0 Å². The minimum atomic E-state index is -1.11. The number of aromatic carboxylic acids is 1. The van der Waals surface area contributed by atoms with Crippen LogP contribution < -0.4 is 5.32 Å². The minimum absolute atomic E-state index is 0.0118. The maximum Gasteiger partial charge on any atom is 0.337 e. The molecule has 0 fully saturated rings. The molecule has 0 atom stereocenters. The molecular weight excluding hydrogens is 256 g/mol. The molecule has 0 aliphatic rings. The number of carboxylic acid groups (broad SMARTS) is 1. The Balaban J connectivity index is 2.30. The summed E-state index contributed by atoms with van der Waals surface area (Å²) in [6, 6.07) is 6.81. The fraction of sp³-hybridized carbons (Fsp3) is 0.133. The number of aromatic nitrogens is 1. The third-order valence-electron chi connectivity index (χ3n) is 2.78. The number of carbonyl (C=O) groups excluding carboxylic acids is 1. The summed E-state index contributed by atoms with van der Waals surface area (Å²) in [5, 5.41) is 11.6. The highest BCUT2D eigenvalue weighted by Crippen LogP contribution is 2.16. The molecule has 0 spiro atoms. The number of nitrogens with one attached hydrogen (secondary N) is 1. The van der Waals surface area contributed by atoms with E-state index in [1.54, 1.807) is 12.1 Å². The largest absolute Gasteiger partial charge is 0.478 e. The summed E-state index contributed by atoms with van der Waals surface area (Å²) in [4.78, 5) is 27.1. The van der Waals surface area contributed by atoms with Crippen LogP contribution >= 0.6 is 0 Å². The molecule has 2 aromatic rings. The summed E-state index contributed by atoms with van der Waals surface area (Å²) in [6.07, 6.45) is 2.69. The molecule has 5 nitrogen and oxygen atoms in total. The second-order valence-electron chi connectivity index (χ2n) is 4.56. The van der Waals surface area contributed by atoms with E-state index in [-0.39, 0.29) is 17.2 Å². The van der Waals surface area contributed by atoms with Gasteiger partial charge in [-0.15, -0.1) is 0 Å². The molecule has 0 unspecified atom stereocenters. The molecule has 0 saturated carbocycles. The summed E-state index contributed by atoms with van der Waals surface area (Å²) >= 11 is 0. The fourth-order valence-corrected chi connectivity index (χ4v) is 1.98. The van der Waals surface area contributed by atoms with Crippen LogP contribution in [0.4, 0.5) is 5.69 Å². The number of nitrogens with zero attached hydrogens (tertiary/aromatic N) is 1. The zero-order valence-electron chi connectivity index (χ0n) is 11.2. The molecular formula is C15H14N2O3. The van der Waals surface area contributed by atoms with Gasteiger partial charge in [0.15, 0.2) is 0 Å². The lowest BCUT2D eigenvalue weighted by molar-refractivity contribution is 0.0698. The van der Waals surface area contributed by atoms with Gasteiger partial charge in [0, 0.05) is 11.8 Å². The Kier molecular flexibility index (Phi) is 3.79. The first kappa shape index (κ1) is 13.7. The molecule has 0 bridgehead atoms. The number of aryl methyl sites for hydroxylation is 2. The average molecular weight is 270 g/mol. The third kappa shape index (κ3) is 3.00. The van der Waals surface area contributed by atoms with Crippen molar-refractivity contribution < 1.29 is 14.7 Å². The van der Waals surface area contributed by atoms with Gasteiger partial charge in [0.25, 0.3) is 5.91 Å². The molecule has 1 amide bonds. The molecule has 2 rings (SSSR count). The minimum Gasteiger partial charge on any atom is -0.478 e. The van der Waals surface area contributed by atoms with E-state index in [1.807, 2.05) is 19.9 Å². The third-order valence-corrected chi connectivity index (χ3v) is 2.78. The van der Waals surface area contributed by atoms with E-state index < -0.39 is 5.97 Å². The van der Waals surface area contributed by atoms with Gasteiger partial charge in [-0.1, -0.05) is 17.2 Å². The van der Waals surface area contributed by atoms with Crippen molar-refractivity contribution in [1.29, 1.82) is 0 Å². The van der Waals surface area contributed by atoms with Crippen LogP contribution in [0.1, 0.15) is 31.8 Å². The number of amides is 1. The number of hydrogen-bond acceptors (Lipinski definition) is 3. The van der Waals surface area contributed by atoms with Crippen molar-refractivity contribution in [2.45, 2.75) is 13.8 Å². The molecule has 0 saturated heterocycles. The quantitative estimate of drug-likeness (QED) is 0.898. The molecule has 1 aromatic carbocycles. The highest BCUT2D eigenvalue weighted by Gasteiger charge is 2.13. The van der Waals surface area contributed by atoms with Crippen molar-refractivity contribution in [3.05, 3.63) is 58.9 Å². The van der Waals surface area contributed by atoms with Crippen LogP contribution in [-0.4, -0.2) is 22.0 Å². The molecule has 0 aliphatic heterocycles. The first-order valence-electron chi connectivity index (χ1n) is 6.04. The van der Waals surface area contributed by atoms with Crippen molar-refractivity contribution >= 4 is 17.6 Å². The predicted molar refractivity (Wildman–Crippen MR) is 75.1 cm³/mol. The van der Waals surface area contributed by atoms with Crippen LogP contribution in [0.5, 0.6) is 0 Å². The molecule has 1 aromatic heterocycles. The van der Waals surface area contributed by atoms with Gasteiger partial charge >= 0.3 is 5.97 Å². The molecule has 2 N–H and O–H groups in total. The van der Waals surface area contributed by atoms with Gasteiger partial charge in [0.05, 0.1) is 17.4 Å². The number of carbonyl (C=O) groups is 2. The second kappa shape index (κ2) is 5.52. The van der Waals surface area contributed by atoms with Gasteiger partial charge in [-0.25, -0.2) is 4.79 Å². The zero-order valence-corrected chi connectivity index (χ0v) is 11.2. The lowest BCUT2D eigenvalue weighted by Crippen LogP contribution is -2.15. The van der Waals surface area contributed by atoms with Crippen molar-refractivity contribution in [1.82, 2.24) is 4.98 Å². The summed E-state index contributed by atoms with van der Waals surface area (Å²) in [5.74, 6) is -1.46. The van der Waals surface area contributed by atoms with Crippen LogP contribution in [0, 0.1) is 13.8 Å². The summed E-state index contributed by atoms with van der Waals surface area (Å²) in [5.41, 5.74) is 2.63. The van der Waals surface area contributed by atoms with Crippen molar-refractivity contribution in [3.8, 4) is 0 Å². The van der Waals surface area contributed by atoms with E-state index in [1.165, 1.54) is 18.5 Å². The van der Waals surface area contributed by atoms with E-state index in [9.17, 15) is 9.59 Å². The number of anilines is 1. The predicted octanol–water partition coefficient (Wildman–Crippen LogP) is 2.65. The Morgan fingerprint density at radius 2 is 1.80 bits per heavy atom. The summed E-state index contributed by atoms with van der Waals surface area (Å²) < 4.78 is 0. The fourth-order valence-electron chi connectivity index (χ4n) is 1.98. The van der Waals surface area contributed by atoms with Crippen molar-refractivity contribution in [2.24, 2.45) is 0 Å². The molecule has 102 valence electrons. The monoisotopic (exact) mass is 270 g/mol. The van der Waals surface area contributed by atoms with E-state index in [0.29, 0.717) is 5.56 Å². The summed E-state index contributed by atoms with van der Waals surface area (Å²) in [6.45, 7) is 3.80. The number of pyridine rings is 1. The van der Waals surface area contributed by atoms with Crippen LogP contribution in [0.15, 0.2) is 36.7 Å². The van der Waals surface area contributed by atoms with Gasteiger partial charge in [-0.3, -0.25) is 9.78 Å². The highest BCUT2D eigenvalue weighted by atomic mass is 16.4. The van der Waals surface area contributed by atoms with E-state index in [0.717, 1.165) is 11.1 Å². The van der Waals surface area contributed by atoms with Gasteiger partial charge in [0.1, 0.15) is 0 Å². The first-order valence-corrected chi connectivity index (χ1v) is 6.04. The van der Waals surface area contributed by atoms with Gasteiger partial charge in [-0.2, -0.15) is 0 Å². The van der Waals surface area contributed by atoms with E-state index in [4.69, 9.17) is 5.11 Å². The summed E-state index contributed by atoms with van der Waals surface area (Å²) in [7, 11) is 0. The normalized spacial score (nSPS) is 10.1.